The highest BCUT2D eigenvalue weighted by atomic mass is 16.1. The number of nitrogens with zero attached hydrogens (tertiary/aromatic N) is 2. The molecule has 0 radical (unpaired) electrons. The number of benzene rings is 1. The predicted octanol–water partition coefficient (Wildman–Crippen LogP) is 4.16. The average Bonchev–Trinajstić information content (AvgIpc) is 2.82. The third-order valence-electron chi connectivity index (χ3n) is 4.91. The van der Waals surface area contributed by atoms with E-state index in [1.165, 1.54) is 11.1 Å². The van der Waals surface area contributed by atoms with Crippen LogP contribution in [0.3, 0.4) is 0 Å². The second-order valence-corrected chi connectivity index (χ2v) is 8.16. The minimum Gasteiger partial charge on any atom is -0.322 e. The highest BCUT2D eigenvalue weighted by Gasteiger charge is 2.18. The van der Waals surface area contributed by atoms with Crippen LogP contribution in [0.5, 0.6) is 0 Å². The molecule has 2 rings (SSSR count). The second-order valence-electron chi connectivity index (χ2n) is 8.16. The predicted molar refractivity (Wildman–Crippen MR) is 112 cm³/mol. The van der Waals surface area contributed by atoms with Gasteiger partial charge in [0.05, 0.1) is 23.6 Å². The van der Waals surface area contributed by atoms with Gasteiger partial charge >= 0.3 is 0 Å². The fourth-order valence-electron chi connectivity index (χ4n) is 3.41. The smallest absolute Gasteiger partial charge is 0.238 e. The SMILES string of the molecule is Cc1nn(C)c(C)c1NC(=O)CN[C@H](c1ccc(CC(C)C)cc1)C(C)C. The van der Waals surface area contributed by atoms with E-state index >= 15 is 0 Å². The first-order chi connectivity index (χ1) is 12.7. The van der Waals surface area contributed by atoms with E-state index in [1.54, 1.807) is 4.68 Å². The number of aryl methyl sites for hydroxylation is 2. The van der Waals surface area contributed by atoms with Gasteiger partial charge in [-0.15, -0.1) is 0 Å². The van der Waals surface area contributed by atoms with Gasteiger partial charge < -0.3 is 10.6 Å². The molecule has 5 heteroatoms. The number of hydrogen-bond donors (Lipinski definition) is 2. The van der Waals surface area contributed by atoms with Crippen LogP contribution in [0.15, 0.2) is 24.3 Å². The minimum absolute atomic E-state index is 0.0451. The number of carbonyl (C=O) groups is 1. The van der Waals surface area contributed by atoms with Crippen molar-refractivity contribution < 1.29 is 4.79 Å². The van der Waals surface area contributed by atoms with Crippen molar-refractivity contribution in [2.24, 2.45) is 18.9 Å². The molecule has 1 heterocycles. The molecule has 0 bridgehead atoms. The van der Waals surface area contributed by atoms with Crippen LogP contribution in [0, 0.1) is 25.7 Å². The van der Waals surface area contributed by atoms with Crippen molar-refractivity contribution in [3.05, 3.63) is 46.8 Å². The maximum atomic E-state index is 12.4. The molecule has 0 aliphatic carbocycles. The van der Waals surface area contributed by atoms with Crippen LogP contribution in [0.4, 0.5) is 5.69 Å². The largest absolute Gasteiger partial charge is 0.322 e. The van der Waals surface area contributed by atoms with E-state index in [2.05, 4.69) is 67.7 Å². The zero-order valence-electron chi connectivity index (χ0n) is 17.8. The molecule has 0 aliphatic rings. The molecule has 0 saturated carbocycles. The lowest BCUT2D eigenvalue weighted by Crippen LogP contribution is -2.33. The van der Waals surface area contributed by atoms with Crippen molar-refractivity contribution >= 4 is 11.6 Å². The van der Waals surface area contributed by atoms with E-state index < -0.39 is 0 Å². The maximum absolute atomic E-state index is 12.4. The Morgan fingerprint density at radius 2 is 1.74 bits per heavy atom. The number of hydrogen-bond acceptors (Lipinski definition) is 3. The zero-order chi connectivity index (χ0) is 20.1. The first-order valence-electron chi connectivity index (χ1n) is 9.81. The Hall–Kier alpha value is -2.14. The molecule has 1 amide bonds. The Balaban J connectivity index is 2.00. The number of nitrogens with one attached hydrogen (secondary N) is 2. The number of anilines is 1. The summed E-state index contributed by atoms with van der Waals surface area (Å²) in [5.74, 6) is 0.991. The van der Waals surface area contributed by atoms with Gasteiger partial charge in [0.15, 0.2) is 0 Å². The van der Waals surface area contributed by atoms with Gasteiger partial charge in [0.1, 0.15) is 0 Å². The van der Waals surface area contributed by atoms with Gasteiger partial charge in [0.2, 0.25) is 5.91 Å². The lowest BCUT2D eigenvalue weighted by molar-refractivity contribution is -0.115. The van der Waals surface area contributed by atoms with Crippen LogP contribution in [0.2, 0.25) is 0 Å². The number of aromatic nitrogens is 2. The topological polar surface area (TPSA) is 59.0 Å². The van der Waals surface area contributed by atoms with Crippen molar-refractivity contribution in [2.45, 2.75) is 54.0 Å². The molecule has 2 aromatic rings. The van der Waals surface area contributed by atoms with E-state index in [9.17, 15) is 4.79 Å². The van der Waals surface area contributed by atoms with E-state index in [0.717, 1.165) is 23.5 Å². The summed E-state index contributed by atoms with van der Waals surface area (Å²) in [4.78, 5) is 12.4. The molecule has 0 saturated heterocycles. The average molecular weight is 371 g/mol. The molecule has 1 atom stereocenters. The van der Waals surface area contributed by atoms with Gasteiger partial charge in [0.25, 0.3) is 0 Å². The van der Waals surface area contributed by atoms with Crippen molar-refractivity contribution in [3.8, 4) is 0 Å². The number of amides is 1. The first kappa shape index (κ1) is 21.2. The Morgan fingerprint density at radius 3 is 2.22 bits per heavy atom. The molecule has 5 nitrogen and oxygen atoms in total. The van der Waals surface area contributed by atoms with Gasteiger partial charge in [-0.25, -0.2) is 0 Å². The van der Waals surface area contributed by atoms with Gasteiger partial charge in [-0.1, -0.05) is 52.0 Å². The third kappa shape index (κ3) is 5.67. The van der Waals surface area contributed by atoms with E-state index in [0.29, 0.717) is 11.8 Å². The monoisotopic (exact) mass is 370 g/mol. The lowest BCUT2D eigenvalue weighted by atomic mass is 9.93. The molecule has 27 heavy (non-hydrogen) atoms. The number of rotatable bonds is 8. The van der Waals surface area contributed by atoms with Crippen molar-refractivity contribution in [1.82, 2.24) is 15.1 Å². The van der Waals surface area contributed by atoms with Crippen LogP contribution < -0.4 is 10.6 Å². The molecular weight excluding hydrogens is 336 g/mol. The molecular formula is C22H34N4O. The summed E-state index contributed by atoms with van der Waals surface area (Å²) in [5.41, 5.74) is 5.19. The molecule has 2 N–H and O–H groups in total. The molecule has 0 unspecified atom stereocenters. The number of carbonyl (C=O) groups excluding carboxylic acids is 1. The quantitative estimate of drug-likeness (QED) is 0.733. The minimum atomic E-state index is -0.0451. The van der Waals surface area contributed by atoms with E-state index in [-0.39, 0.29) is 18.5 Å². The Morgan fingerprint density at radius 1 is 1.11 bits per heavy atom. The van der Waals surface area contributed by atoms with Crippen LogP contribution in [0.25, 0.3) is 0 Å². The van der Waals surface area contributed by atoms with Crippen molar-refractivity contribution in [3.63, 3.8) is 0 Å². The van der Waals surface area contributed by atoms with Crippen molar-refractivity contribution in [2.75, 3.05) is 11.9 Å². The molecule has 1 aromatic heterocycles. The molecule has 0 aliphatic heterocycles. The van der Waals surface area contributed by atoms with Crippen LogP contribution in [-0.4, -0.2) is 22.2 Å². The van der Waals surface area contributed by atoms with Crippen LogP contribution in [0.1, 0.15) is 56.3 Å². The van der Waals surface area contributed by atoms with Crippen LogP contribution >= 0.6 is 0 Å². The second kappa shape index (κ2) is 9.18. The fourth-order valence-corrected chi connectivity index (χ4v) is 3.41. The summed E-state index contributed by atoms with van der Waals surface area (Å²) in [5, 5.41) is 10.8. The fraction of sp³-hybridized carbons (Fsp3) is 0.545. The van der Waals surface area contributed by atoms with Gasteiger partial charge in [-0.05, 0) is 43.2 Å². The Kier molecular flexibility index (Phi) is 7.19. The highest BCUT2D eigenvalue weighted by molar-refractivity contribution is 5.93. The van der Waals surface area contributed by atoms with Gasteiger partial charge in [0, 0.05) is 13.1 Å². The highest BCUT2D eigenvalue weighted by Crippen LogP contribution is 2.23. The third-order valence-corrected chi connectivity index (χ3v) is 4.91. The van der Waals surface area contributed by atoms with Crippen LogP contribution in [-0.2, 0) is 18.3 Å². The van der Waals surface area contributed by atoms with E-state index in [1.807, 2.05) is 20.9 Å². The molecule has 0 fully saturated rings. The normalized spacial score (nSPS) is 12.6. The molecule has 148 valence electrons. The summed E-state index contributed by atoms with van der Waals surface area (Å²) in [7, 11) is 1.88. The Bertz CT molecular complexity index is 759. The van der Waals surface area contributed by atoms with Gasteiger partial charge in [-0.2, -0.15) is 5.10 Å². The lowest BCUT2D eigenvalue weighted by Gasteiger charge is -2.23. The Labute approximate surface area is 163 Å². The first-order valence-corrected chi connectivity index (χ1v) is 9.81. The summed E-state index contributed by atoms with van der Waals surface area (Å²) < 4.78 is 1.79. The zero-order valence-corrected chi connectivity index (χ0v) is 17.8. The van der Waals surface area contributed by atoms with Crippen molar-refractivity contribution in [1.29, 1.82) is 0 Å². The summed E-state index contributed by atoms with van der Waals surface area (Å²) in [6.45, 7) is 12.9. The molecule has 1 aromatic carbocycles. The maximum Gasteiger partial charge on any atom is 0.238 e. The molecule has 0 spiro atoms. The van der Waals surface area contributed by atoms with Gasteiger partial charge in [-0.3, -0.25) is 9.48 Å². The summed E-state index contributed by atoms with van der Waals surface area (Å²) >= 11 is 0. The summed E-state index contributed by atoms with van der Waals surface area (Å²) in [6.07, 6.45) is 1.09. The van der Waals surface area contributed by atoms with E-state index in [4.69, 9.17) is 0 Å². The summed E-state index contributed by atoms with van der Waals surface area (Å²) in [6, 6.07) is 8.91. The standard InChI is InChI=1S/C22H34N4O/c1-14(2)12-18-8-10-19(11-9-18)21(15(3)4)23-13-20(27)24-22-16(5)25-26(7)17(22)6/h8-11,14-15,21,23H,12-13H2,1-7H3,(H,24,27)/t21-/m0/s1.